The SMILES string of the molecule is CC(=O)O[C@H]1CC[C@@]2(C)[C@@H](CC[C@]3(C)[C@H]2CC[C@H]2[C@@H]4[C@H](CC[C@]23C)[C@H](C)C=C(C)[C@H]4C)C1(C)C. The third kappa shape index (κ3) is 3.14. The highest BCUT2D eigenvalue weighted by atomic mass is 16.5. The van der Waals surface area contributed by atoms with E-state index in [1.165, 1.54) is 44.9 Å². The molecule has 34 heavy (non-hydrogen) atoms. The number of hydrogen-bond acceptors (Lipinski definition) is 2. The summed E-state index contributed by atoms with van der Waals surface area (Å²) in [6.07, 6.45) is 13.3. The fourth-order valence-electron chi connectivity index (χ4n) is 11.7. The van der Waals surface area contributed by atoms with Gasteiger partial charge < -0.3 is 4.74 Å². The van der Waals surface area contributed by atoms with E-state index in [1.54, 1.807) is 12.5 Å². The molecule has 5 aliphatic carbocycles. The summed E-state index contributed by atoms with van der Waals surface area (Å²) < 4.78 is 5.91. The first-order chi connectivity index (χ1) is 15.8. The summed E-state index contributed by atoms with van der Waals surface area (Å²) >= 11 is 0. The number of carbonyl (C=O) groups excluding carboxylic acids is 1. The van der Waals surface area contributed by atoms with Gasteiger partial charge in [-0.05, 0) is 116 Å². The van der Waals surface area contributed by atoms with E-state index in [0.717, 1.165) is 41.9 Å². The van der Waals surface area contributed by atoms with Crippen LogP contribution in [0.2, 0.25) is 0 Å². The van der Waals surface area contributed by atoms with Gasteiger partial charge >= 0.3 is 5.97 Å². The molecule has 0 aromatic heterocycles. The lowest BCUT2D eigenvalue weighted by atomic mass is 9.32. The van der Waals surface area contributed by atoms with Crippen molar-refractivity contribution >= 4 is 5.97 Å². The van der Waals surface area contributed by atoms with Gasteiger partial charge in [0.15, 0.2) is 0 Å². The average molecular weight is 469 g/mol. The highest BCUT2D eigenvalue weighted by Crippen LogP contribution is 2.75. The molecule has 192 valence electrons. The topological polar surface area (TPSA) is 26.3 Å². The van der Waals surface area contributed by atoms with Crippen molar-refractivity contribution in [2.75, 3.05) is 0 Å². The van der Waals surface area contributed by atoms with Crippen LogP contribution in [0.4, 0.5) is 0 Å². The number of carbonyl (C=O) groups is 1. The second-order valence-corrected chi connectivity index (χ2v) is 15.0. The third-order valence-electron chi connectivity index (χ3n) is 13.6. The molecule has 0 unspecified atom stereocenters. The summed E-state index contributed by atoms with van der Waals surface area (Å²) in [5.74, 6) is 5.47. The van der Waals surface area contributed by atoms with E-state index < -0.39 is 0 Å². The van der Waals surface area contributed by atoms with Crippen molar-refractivity contribution in [2.45, 2.75) is 120 Å². The van der Waals surface area contributed by atoms with Gasteiger partial charge in [0.25, 0.3) is 0 Å². The van der Waals surface area contributed by atoms with Gasteiger partial charge in [-0.25, -0.2) is 0 Å². The average Bonchev–Trinajstić information content (AvgIpc) is 2.73. The van der Waals surface area contributed by atoms with Crippen molar-refractivity contribution in [3.05, 3.63) is 11.6 Å². The van der Waals surface area contributed by atoms with Gasteiger partial charge in [-0.3, -0.25) is 4.79 Å². The molecular formula is C32H52O2. The molecule has 4 fully saturated rings. The normalized spacial score (nSPS) is 54.0. The van der Waals surface area contributed by atoms with Crippen LogP contribution in [-0.4, -0.2) is 12.1 Å². The molecule has 0 radical (unpaired) electrons. The molecule has 11 atom stereocenters. The Balaban J connectivity index is 1.49. The van der Waals surface area contributed by atoms with Crippen molar-refractivity contribution in [2.24, 2.45) is 63.1 Å². The van der Waals surface area contributed by atoms with Crippen molar-refractivity contribution < 1.29 is 9.53 Å². The lowest BCUT2D eigenvalue weighted by molar-refractivity contribution is -0.247. The molecule has 0 aromatic rings. The Bertz CT molecular complexity index is 870. The molecule has 5 aliphatic rings. The van der Waals surface area contributed by atoms with E-state index in [0.29, 0.717) is 22.2 Å². The van der Waals surface area contributed by atoms with Crippen molar-refractivity contribution in [1.29, 1.82) is 0 Å². The predicted molar refractivity (Wildman–Crippen MR) is 140 cm³/mol. The first-order valence-corrected chi connectivity index (χ1v) is 14.6. The molecule has 0 amide bonds. The summed E-state index contributed by atoms with van der Waals surface area (Å²) in [7, 11) is 0. The lowest BCUT2D eigenvalue weighted by Crippen LogP contribution is -2.66. The van der Waals surface area contributed by atoms with Crippen LogP contribution in [0.15, 0.2) is 11.6 Å². The fourth-order valence-corrected chi connectivity index (χ4v) is 11.7. The standard InChI is InChI=1S/C32H52O2/c1-19-18-20(2)23-12-16-31(8)24(28(23)21(19)3)10-11-26-30(7)15-14-27(34-22(4)33)29(5,6)25(30)13-17-32(26,31)9/h18,20-21,23-28H,10-17H2,1-9H3/t20-,21-,23-,24+,25+,26+,27+,28+,30+,31-,32-/m1/s1. The van der Waals surface area contributed by atoms with Crippen molar-refractivity contribution in [1.82, 2.24) is 0 Å². The molecular weight excluding hydrogens is 416 g/mol. The third-order valence-corrected chi connectivity index (χ3v) is 13.6. The van der Waals surface area contributed by atoms with Gasteiger partial charge in [-0.2, -0.15) is 0 Å². The van der Waals surface area contributed by atoms with Crippen LogP contribution in [0.25, 0.3) is 0 Å². The molecule has 0 heterocycles. The highest BCUT2D eigenvalue weighted by Gasteiger charge is 2.69. The van der Waals surface area contributed by atoms with Crippen LogP contribution in [0.5, 0.6) is 0 Å². The van der Waals surface area contributed by atoms with Crippen LogP contribution < -0.4 is 0 Å². The molecule has 2 nitrogen and oxygen atoms in total. The maximum Gasteiger partial charge on any atom is 0.302 e. The Labute approximate surface area is 210 Å². The van der Waals surface area contributed by atoms with E-state index in [-0.39, 0.29) is 17.5 Å². The van der Waals surface area contributed by atoms with Crippen LogP contribution >= 0.6 is 0 Å². The highest BCUT2D eigenvalue weighted by molar-refractivity contribution is 5.66. The zero-order chi connectivity index (χ0) is 24.8. The van der Waals surface area contributed by atoms with Gasteiger partial charge in [0.1, 0.15) is 6.10 Å². The smallest absolute Gasteiger partial charge is 0.302 e. The lowest BCUT2D eigenvalue weighted by Gasteiger charge is -2.73. The molecule has 4 saturated carbocycles. The molecule has 0 saturated heterocycles. The second kappa shape index (κ2) is 7.85. The van der Waals surface area contributed by atoms with E-state index in [4.69, 9.17) is 4.74 Å². The molecule has 2 heteroatoms. The van der Waals surface area contributed by atoms with Crippen LogP contribution in [0.3, 0.4) is 0 Å². The number of rotatable bonds is 1. The van der Waals surface area contributed by atoms with Gasteiger partial charge in [0, 0.05) is 12.3 Å². The molecule has 0 bridgehead atoms. The Morgan fingerprint density at radius 1 is 0.882 bits per heavy atom. The maximum absolute atomic E-state index is 11.9. The van der Waals surface area contributed by atoms with Crippen LogP contribution in [0, 0.1) is 63.1 Å². The quantitative estimate of drug-likeness (QED) is 0.285. The minimum atomic E-state index is -0.104. The Morgan fingerprint density at radius 3 is 2.24 bits per heavy atom. The number of fused-ring (bicyclic) bond motifs is 7. The number of allylic oxidation sites excluding steroid dienone is 2. The number of ether oxygens (including phenoxy) is 1. The van der Waals surface area contributed by atoms with Crippen LogP contribution in [0.1, 0.15) is 114 Å². The maximum atomic E-state index is 11.9. The molecule has 0 spiro atoms. The molecule has 0 N–H and O–H groups in total. The zero-order valence-electron chi connectivity index (χ0n) is 23.7. The summed E-state index contributed by atoms with van der Waals surface area (Å²) in [4.78, 5) is 11.9. The summed E-state index contributed by atoms with van der Waals surface area (Å²) in [6.45, 7) is 22.0. The van der Waals surface area contributed by atoms with Gasteiger partial charge in [0.2, 0.25) is 0 Å². The second-order valence-electron chi connectivity index (χ2n) is 15.0. The van der Waals surface area contributed by atoms with Crippen molar-refractivity contribution in [3.63, 3.8) is 0 Å². The van der Waals surface area contributed by atoms with Gasteiger partial charge in [-0.1, -0.05) is 60.1 Å². The predicted octanol–water partition coefficient (Wildman–Crippen LogP) is 8.45. The Morgan fingerprint density at radius 2 is 1.56 bits per heavy atom. The zero-order valence-corrected chi connectivity index (χ0v) is 23.7. The monoisotopic (exact) mass is 468 g/mol. The first kappa shape index (κ1) is 24.9. The van der Waals surface area contributed by atoms with E-state index >= 15 is 0 Å². The Hall–Kier alpha value is -0.790. The van der Waals surface area contributed by atoms with Crippen LogP contribution in [-0.2, 0) is 9.53 Å². The number of hydrogen-bond donors (Lipinski definition) is 0. The summed E-state index contributed by atoms with van der Waals surface area (Å²) in [5, 5.41) is 0. The molecule has 0 aliphatic heterocycles. The van der Waals surface area contributed by atoms with Gasteiger partial charge in [0.05, 0.1) is 0 Å². The number of esters is 1. The summed E-state index contributed by atoms with van der Waals surface area (Å²) in [5.41, 5.74) is 2.96. The van der Waals surface area contributed by atoms with E-state index in [1.807, 2.05) is 0 Å². The Kier molecular flexibility index (Phi) is 5.75. The minimum absolute atomic E-state index is 0.0602. The van der Waals surface area contributed by atoms with Gasteiger partial charge in [-0.15, -0.1) is 0 Å². The fraction of sp³-hybridized carbons (Fsp3) is 0.906. The summed E-state index contributed by atoms with van der Waals surface area (Å²) in [6, 6.07) is 0. The minimum Gasteiger partial charge on any atom is -0.462 e. The molecule has 0 aromatic carbocycles. The largest absolute Gasteiger partial charge is 0.462 e. The van der Waals surface area contributed by atoms with Crippen molar-refractivity contribution in [3.8, 4) is 0 Å². The van der Waals surface area contributed by atoms with E-state index in [2.05, 4.69) is 61.5 Å². The first-order valence-electron chi connectivity index (χ1n) is 14.6. The van der Waals surface area contributed by atoms with E-state index in [9.17, 15) is 4.79 Å². The molecule has 5 rings (SSSR count).